The number of anilines is 1. The molecule has 1 saturated carbocycles. The molecule has 4 N–H and O–H groups in total. The van der Waals surface area contributed by atoms with Crippen LogP contribution in [0.1, 0.15) is 45.1 Å². The van der Waals surface area contributed by atoms with Gasteiger partial charge in [0.05, 0.1) is 34.3 Å². The Kier molecular flexibility index (Phi) is 7.17. The highest BCUT2D eigenvalue weighted by atomic mass is 32.2. The Morgan fingerprint density at radius 3 is 2.73 bits per heavy atom. The number of hydrogen-bond donors (Lipinski definition) is 4. The van der Waals surface area contributed by atoms with Gasteiger partial charge in [-0.1, -0.05) is 18.3 Å². The minimum absolute atomic E-state index is 0.00626. The van der Waals surface area contributed by atoms with Crippen LogP contribution in [0.3, 0.4) is 0 Å². The molecule has 0 spiro atoms. The van der Waals surface area contributed by atoms with E-state index in [1.54, 1.807) is 11.1 Å². The van der Waals surface area contributed by atoms with Gasteiger partial charge in [0.1, 0.15) is 0 Å². The number of amides is 4. The molecule has 4 aliphatic rings. The lowest BCUT2D eigenvalue weighted by atomic mass is 9.86. The van der Waals surface area contributed by atoms with Gasteiger partial charge in [0.15, 0.2) is 0 Å². The number of thioether (sulfide) groups is 1. The lowest BCUT2D eigenvalue weighted by Crippen LogP contribution is -2.62. The highest BCUT2D eigenvalue weighted by Gasteiger charge is 2.52. The van der Waals surface area contributed by atoms with Crippen molar-refractivity contribution < 1.29 is 19.1 Å². The van der Waals surface area contributed by atoms with E-state index < -0.39 is 0 Å². The number of nitrogens with one attached hydrogen (secondary N) is 4. The van der Waals surface area contributed by atoms with Gasteiger partial charge in [0.25, 0.3) is 5.91 Å². The predicted octanol–water partition coefficient (Wildman–Crippen LogP) is 2.31. The van der Waals surface area contributed by atoms with Crippen molar-refractivity contribution in [3.05, 3.63) is 41.1 Å². The highest BCUT2D eigenvalue weighted by Crippen LogP contribution is 2.48. The van der Waals surface area contributed by atoms with Gasteiger partial charge >= 0.3 is 6.03 Å². The topological polar surface area (TPSA) is 125 Å². The molecule has 1 aliphatic carbocycles. The molecule has 5 rings (SSSR count). The van der Waals surface area contributed by atoms with E-state index in [-0.39, 0.29) is 53.4 Å². The van der Waals surface area contributed by atoms with E-state index in [0.29, 0.717) is 16.5 Å². The maximum atomic E-state index is 13.5. The van der Waals surface area contributed by atoms with Crippen LogP contribution in [-0.2, 0) is 9.59 Å². The van der Waals surface area contributed by atoms with Crippen LogP contribution < -0.4 is 30.9 Å². The van der Waals surface area contributed by atoms with Crippen LogP contribution in [0.5, 0.6) is 5.88 Å². The first-order valence-electron chi connectivity index (χ1n) is 12.9. The van der Waals surface area contributed by atoms with Gasteiger partial charge in [-0.15, -0.1) is 0 Å². The van der Waals surface area contributed by atoms with Crippen molar-refractivity contribution in [3.63, 3.8) is 0 Å². The van der Waals surface area contributed by atoms with E-state index >= 15 is 0 Å². The first-order valence-corrected chi connectivity index (χ1v) is 13.8. The number of aromatic nitrogens is 1. The predicted molar refractivity (Wildman–Crippen MR) is 142 cm³/mol. The van der Waals surface area contributed by atoms with Crippen LogP contribution in [0.15, 0.2) is 35.5 Å². The molecule has 37 heavy (non-hydrogen) atoms. The molecule has 3 aliphatic heterocycles. The van der Waals surface area contributed by atoms with E-state index in [1.807, 2.05) is 26.8 Å². The number of pyridine rings is 1. The van der Waals surface area contributed by atoms with Crippen molar-refractivity contribution in [1.29, 1.82) is 0 Å². The van der Waals surface area contributed by atoms with Gasteiger partial charge in [0, 0.05) is 29.8 Å². The van der Waals surface area contributed by atoms with Crippen LogP contribution in [0.25, 0.3) is 0 Å². The lowest BCUT2D eigenvalue weighted by molar-refractivity contribution is -0.119. The van der Waals surface area contributed by atoms with Crippen LogP contribution in [-0.4, -0.2) is 59.0 Å². The average Bonchev–Trinajstić information content (AvgIpc) is 3.44. The quantitative estimate of drug-likeness (QED) is 0.402. The summed E-state index contributed by atoms with van der Waals surface area (Å²) in [6.45, 7) is 10.1. The molecule has 1 aromatic rings. The van der Waals surface area contributed by atoms with Crippen molar-refractivity contribution in [2.45, 2.75) is 76.1 Å². The smallest absolute Gasteiger partial charge is 0.326 e. The van der Waals surface area contributed by atoms with Crippen molar-refractivity contribution in [2.24, 2.45) is 5.92 Å². The number of rotatable bonds is 7. The minimum Gasteiger partial charge on any atom is -0.475 e. The van der Waals surface area contributed by atoms with E-state index in [4.69, 9.17) is 4.74 Å². The minimum atomic E-state index is -0.260. The number of nitrogens with zero attached hydrogens (tertiary/aromatic N) is 2. The largest absolute Gasteiger partial charge is 0.475 e. The zero-order valence-corrected chi connectivity index (χ0v) is 22.2. The third-order valence-corrected chi connectivity index (χ3v) is 8.72. The standard InChI is InChI=1S/C26H34N6O4S/c1-5-19(33)29-15-7-6-8-16(15)30-24(34)23-22-21-17(9-10-27-25(21)37-23)32(26(35)31-22)18-12-28-20(11-14(18)4)36-13(2)3/h5,11-13,15-17,21,25,27H,1,6-10H2,2-4H3,(H,29,33)(H,30,34)(H,31,35)/t15-,16+,17?,21?,25?/m0/s1. The molecule has 10 nitrogen and oxygen atoms in total. The molecule has 4 amide bonds. The molecular formula is C26H34N6O4S. The molecular weight excluding hydrogens is 492 g/mol. The SMILES string of the molecule is C=CC(=O)N[C@H]1CCC[C@H]1NC(=O)C1=C2NC(=O)N(c3cnc(OC(C)C)cc3C)C3CCNC(S1)C23. The summed E-state index contributed by atoms with van der Waals surface area (Å²) in [6, 6.07) is 1.21. The summed E-state index contributed by atoms with van der Waals surface area (Å²) in [4.78, 5) is 45.5. The molecule has 4 heterocycles. The normalized spacial score (nSPS) is 28.6. The van der Waals surface area contributed by atoms with Crippen molar-refractivity contribution >= 4 is 35.3 Å². The van der Waals surface area contributed by atoms with Gasteiger partial charge in [0.2, 0.25) is 11.8 Å². The Bertz CT molecular complexity index is 1150. The number of hydrogen-bond acceptors (Lipinski definition) is 7. The summed E-state index contributed by atoms with van der Waals surface area (Å²) >= 11 is 1.47. The molecule has 11 heteroatoms. The Balaban J connectivity index is 1.38. The van der Waals surface area contributed by atoms with Crippen LogP contribution in [0.4, 0.5) is 10.5 Å². The van der Waals surface area contributed by atoms with E-state index in [2.05, 4.69) is 32.8 Å². The van der Waals surface area contributed by atoms with Crippen molar-refractivity contribution in [2.75, 3.05) is 11.4 Å². The fraction of sp³-hybridized carbons (Fsp3) is 0.538. The zero-order chi connectivity index (χ0) is 26.3. The highest BCUT2D eigenvalue weighted by molar-refractivity contribution is 8.04. The second-order valence-corrected chi connectivity index (χ2v) is 11.4. The maximum absolute atomic E-state index is 13.5. The molecule has 0 aromatic carbocycles. The van der Waals surface area contributed by atoms with Gasteiger partial charge < -0.3 is 26.0 Å². The van der Waals surface area contributed by atoms with Gasteiger partial charge in [-0.05, 0) is 64.6 Å². The number of piperidine rings is 1. The van der Waals surface area contributed by atoms with Crippen LogP contribution >= 0.6 is 11.8 Å². The zero-order valence-electron chi connectivity index (χ0n) is 21.4. The first-order chi connectivity index (χ1) is 17.8. The molecule has 2 saturated heterocycles. The maximum Gasteiger partial charge on any atom is 0.326 e. The van der Waals surface area contributed by atoms with E-state index in [1.165, 1.54) is 17.8 Å². The van der Waals surface area contributed by atoms with Gasteiger partial charge in [-0.2, -0.15) is 0 Å². The Morgan fingerprint density at radius 2 is 2.03 bits per heavy atom. The summed E-state index contributed by atoms with van der Waals surface area (Å²) in [5.74, 6) is 0.0292. The molecule has 198 valence electrons. The lowest BCUT2D eigenvalue weighted by Gasteiger charge is -2.46. The number of carbonyl (C=O) groups is 3. The summed E-state index contributed by atoms with van der Waals surface area (Å²) < 4.78 is 5.72. The third kappa shape index (κ3) is 4.94. The molecule has 0 bridgehead atoms. The fourth-order valence-corrected chi connectivity index (χ4v) is 7.16. The molecule has 1 aromatic heterocycles. The second kappa shape index (κ2) is 10.4. The number of ether oxygens (including phenoxy) is 1. The monoisotopic (exact) mass is 526 g/mol. The Labute approximate surface area is 221 Å². The summed E-state index contributed by atoms with van der Waals surface area (Å²) in [6.07, 6.45) is 6.22. The molecule has 0 radical (unpaired) electrons. The second-order valence-electron chi connectivity index (χ2n) is 10.2. The van der Waals surface area contributed by atoms with Crippen LogP contribution in [0, 0.1) is 12.8 Å². The fourth-order valence-electron chi connectivity index (χ4n) is 5.76. The molecule has 5 atom stereocenters. The molecule has 3 unspecified atom stereocenters. The summed E-state index contributed by atoms with van der Waals surface area (Å²) in [7, 11) is 0. The first kappa shape index (κ1) is 25.6. The van der Waals surface area contributed by atoms with E-state index in [0.717, 1.165) is 43.5 Å². The van der Waals surface area contributed by atoms with Crippen molar-refractivity contribution in [3.8, 4) is 5.88 Å². The van der Waals surface area contributed by atoms with E-state index in [9.17, 15) is 14.4 Å². The van der Waals surface area contributed by atoms with Gasteiger partial charge in [-0.3, -0.25) is 14.5 Å². The van der Waals surface area contributed by atoms with Gasteiger partial charge in [-0.25, -0.2) is 9.78 Å². The third-order valence-electron chi connectivity index (χ3n) is 7.37. The molecule has 3 fully saturated rings. The Hall–Kier alpha value is -3.05. The number of urea groups is 1. The average molecular weight is 527 g/mol. The van der Waals surface area contributed by atoms with Crippen LogP contribution in [0.2, 0.25) is 0 Å². The van der Waals surface area contributed by atoms with Crippen molar-refractivity contribution in [1.82, 2.24) is 26.3 Å². The number of carbonyl (C=O) groups excluding carboxylic acids is 3. The summed E-state index contributed by atoms with van der Waals surface area (Å²) in [5, 5.41) is 12.6. The summed E-state index contributed by atoms with van der Waals surface area (Å²) in [5.41, 5.74) is 2.33. The Morgan fingerprint density at radius 1 is 1.27 bits per heavy atom. The number of aryl methyl sites for hydroxylation is 1.